The number of nitrogens with one attached hydrogen (secondary N) is 3. The highest BCUT2D eigenvalue weighted by atomic mass is 127. The number of anilines is 1. The predicted octanol–water partition coefficient (Wildman–Crippen LogP) is 2.94. The van der Waals surface area contributed by atoms with Crippen LogP contribution in [-0.2, 0) is 17.9 Å². The van der Waals surface area contributed by atoms with E-state index in [1.807, 2.05) is 37.3 Å². The molecule has 0 spiro atoms. The van der Waals surface area contributed by atoms with Gasteiger partial charge in [0, 0.05) is 31.9 Å². The lowest BCUT2D eigenvalue weighted by molar-refractivity contribution is -0.120. The summed E-state index contributed by atoms with van der Waals surface area (Å²) in [5.74, 6) is 0.536. The van der Waals surface area contributed by atoms with Gasteiger partial charge in [0.2, 0.25) is 5.91 Å². The summed E-state index contributed by atoms with van der Waals surface area (Å²) < 4.78 is 13.7. The maximum absolute atomic E-state index is 13.7. The topological polar surface area (TPSA) is 68.8 Å². The summed E-state index contributed by atoms with van der Waals surface area (Å²) in [7, 11) is 0. The molecule has 0 atom stereocenters. The smallest absolute Gasteiger partial charge is 0.239 e. The minimum Gasteiger partial charge on any atom is -0.360 e. The first-order chi connectivity index (χ1) is 14.0. The minimum absolute atomic E-state index is 0. The van der Waals surface area contributed by atoms with Crippen LogP contribution in [0.25, 0.3) is 0 Å². The van der Waals surface area contributed by atoms with Crippen LogP contribution < -0.4 is 20.9 Å². The Morgan fingerprint density at radius 1 is 1.17 bits per heavy atom. The molecule has 1 amide bonds. The highest BCUT2D eigenvalue weighted by molar-refractivity contribution is 14.0. The standard InChI is InChI=1S/C22H28FN5O.HI/c1-3-24-22(27-14-18-5-4-16(2)20(23)12-18)26-13-17-6-8-19(9-7-17)28-11-10-25-21(29)15-28;/h4-9,12H,3,10-11,13-15H2,1-2H3,(H,25,29)(H2,24,26,27);1H. The molecule has 0 saturated carbocycles. The van der Waals surface area contributed by atoms with E-state index in [4.69, 9.17) is 0 Å². The van der Waals surface area contributed by atoms with Gasteiger partial charge in [0.1, 0.15) is 5.82 Å². The molecule has 1 saturated heterocycles. The molecular formula is C22H29FIN5O. The number of piperazine rings is 1. The summed E-state index contributed by atoms with van der Waals surface area (Å²) in [5, 5.41) is 9.35. The van der Waals surface area contributed by atoms with Gasteiger partial charge in [0.05, 0.1) is 13.1 Å². The molecule has 6 nitrogen and oxygen atoms in total. The van der Waals surface area contributed by atoms with Gasteiger partial charge in [-0.1, -0.05) is 24.3 Å². The third-order valence-electron chi connectivity index (χ3n) is 4.80. The number of hydrogen-bond donors (Lipinski definition) is 3. The molecule has 0 aliphatic carbocycles. The first-order valence-electron chi connectivity index (χ1n) is 9.93. The summed E-state index contributed by atoms with van der Waals surface area (Å²) in [5.41, 5.74) is 3.63. The number of hydrogen-bond acceptors (Lipinski definition) is 3. The second kappa shape index (κ2) is 11.7. The van der Waals surface area contributed by atoms with Gasteiger partial charge in [-0.2, -0.15) is 0 Å². The van der Waals surface area contributed by atoms with E-state index in [0.29, 0.717) is 37.7 Å². The van der Waals surface area contributed by atoms with Crippen molar-refractivity contribution in [3.05, 3.63) is 65.0 Å². The van der Waals surface area contributed by atoms with Gasteiger partial charge in [-0.25, -0.2) is 9.38 Å². The largest absolute Gasteiger partial charge is 0.360 e. The molecule has 0 aromatic heterocycles. The average molecular weight is 525 g/mol. The highest BCUT2D eigenvalue weighted by Gasteiger charge is 2.16. The van der Waals surface area contributed by atoms with Crippen molar-refractivity contribution in [2.75, 3.05) is 31.1 Å². The highest BCUT2D eigenvalue weighted by Crippen LogP contribution is 2.16. The number of rotatable bonds is 6. The van der Waals surface area contributed by atoms with E-state index in [9.17, 15) is 9.18 Å². The van der Waals surface area contributed by atoms with E-state index < -0.39 is 0 Å². The molecule has 1 fully saturated rings. The molecule has 0 radical (unpaired) electrons. The number of halogens is 2. The zero-order chi connectivity index (χ0) is 20.6. The van der Waals surface area contributed by atoms with Gasteiger partial charge in [-0.05, 0) is 48.7 Å². The van der Waals surface area contributed by atoms with Gasteiger partial charge >= 0.3 is 0 Å². The first kappa shape index (κ1) is 23.9. The van der Waals surface area contributed by atoms with Crippen LogP contribution in [0.4, 0.5) is 10.1 Å². The molecule has 0 bridgehead atoms. The summed E-state index contributed by atoms with van der Waals surface area (Å²) in [6, 6.07) is 13.4. The quantitative estimate of drug-likeness (QED) is 0.308. The number of benzene rings is 2. The Balaban J connectivity index is 0.00000320. The molecule has 0 unspecified atom stereocenters. The van der Waals surface area contributed by atoms with Crippen LogP contribution in [0.5, 0.6) is 0 Å². The number of nitrogens with zero attached hydrogens (tertiary/aromatic N) is 2. The van der Waals surface area contributed by atoms with Crippen molar-refractivity contribution in [3.8, 4) is 0 Å². The number of carbonyl (C=O) groups is 1. The summed E-state index contributed by atoms with van der Waals surface area (Å²) in [6.07, 6.45) is 0. The molecule has 1 heterocycles. The van der Waals surface area contributed by atoms with E-state index in [2.05, 4.69) is 25.8 Å². The number of aliphatic imine (C=N–C) groups is 1. The Labute approximate surface area is 194 Å². The SMILES string of the molecule is CCNC(=NCc1ccc(C)c(F)c1)NCc1ccc(N2CCNC(=O)C2)cc1.I. The molecule has 3 rings (SSSR count). The lowest BCUT2D eigenvalue weighted by atomic mass is 10.1. The van der Waals surface area contributed by atoms with E-state index in [1.165, 1.54) is 6.07 Å². The lowest BCUT2D eigenvalue weighted by Crippen LogP contribution is -2.47. The fourth-order valence-corrected chi connectivity index (χ4v) is 3.12. The van der Waals surface area contributed by atoms with Gasteiger partial charge in [-0.15, -0.1) is 24.0 Å². The Morgan fingerprint density at radius 2 is 1.90 bits per heavy atom. The molecule has 2 aromatic rings. The molecule has 1 aliphatic heterocycles. The number of amides is 1. The van der Waals surface area contributed by atoms with Crippen molar-refractivity contribution in [3.63, 3.8) is 0 Å². The zero-order valence-electron chi connectivity index (χ0n) is 17.4. The predicted molar refractivity (Wildman–Crippen MR) is 130 cm³/mol. The van der Waals surface area contributed by atoms with Gasteiger partial charge < -0.3 is 20.9 Å². The third-order valence-corrected chi connectivity index (χ3v) is 4.80. The maximum atomic E-state index is 13.7. The molecule has 30 heavy (non-hydrogen) atoms. The normalized spacial score (nSPS) is 14.0. The Hall–Kier alpha value is -2.36. The van der Waals surface area contributed by atoms with Gasteiger partial charge in [0.15, 0.2) is 5.96 Å². The third kappa shape index (κ3) is 6.86. The van der Waals surface area contributed by atoms with Crippen molar-refractivity contribution in [1.82, 2.24) is 16.0 Å². The van der Waals surface area contributed by atoms with E-state index in [0.717, 1.165) is 29.9 Å². The summed E-state index contributed by atoms with van der Waals surface area (Å²) in [4.78, 5) is 18.2. The molecular weight excluding hydrogens is 496 g/mol. The summed E-state index contributed by atoms with van der Waals surface area (Å²) in [6.45, 7) is 7.41. The Morgan fingerprint density at radius 3 is 2.57 bits per heavy atom. The Bertz CT molecular complexity index is 872. The van der Waals surface area contributed by atoms with Crippen molar-refractivity contribution >= 4 is 41.5 Å². The zero-order valence-corrected chi connectivity index (χ0v) is 19.7. The molecule has 1 aliphatic rings. The molecule has 162 valence electrons. The second-order valence-electron chi connectivity index (χ2n) is 7.07. The molecule has 8 heteroatoms. The number of aryl methyl sites for hydroxylation is 1. The van der Waals surface area contributed by atoms with Crippen LogP contribution in [0.3, 0.4) is 0 Å². The van der Waals surface area contributed by atoms with Crippen molar-refractivity contribution < 1.29 is 9.18 Å². The lowest BCUT2D eigenvalue weighted by Gasteiger charge is -2.28. The summed E-state index contributed by atoms with van der Waals surface area (Å²) >= 11 is 0. The van der Waals surface area contributed by atoms with Crippen LogP contribution >= 0.6 is 24.0 Å². The van der Waals surface area contributed by atoms with E-state index in [1.54, 1.807) is 13.0 Å². The number of guanidine groups is 1. The average Bonchev–Trinajstić information content (AvgIpc) is 2.73. The monoisotopic (exact) mass is 525 g/mol. The molecule has 3 N–H and O–H groups in total. The van der Waals surface area contributed by atoms with E-state index >= 15 is 0 Å². The molecule has 2 aromatic carbocycles. The van der Waals surface area contributed by atoms with Crippen molar-refractivity contribution in [2.24, 2.45) is 4.99 Å². The minimum atomic E-state index is -0.207. The fraction of sp³-hybridized carbons (Fsp3) is 0.364. The van der Waals surface area contributed by atoms with Crippen LogP contribution in [0.2, 0.25) is 0 Å². The first-order valence-corrected chi connectivity index (χ1v) is 9.93. The Kier molecular flexibility index (Phi) is 9.35. The van der Waals surface area contributed by atoms with Crippen LogP contribution in [-0.4, -0.2) is 38.0 Å². The van der Waals surface area contributed by atoms with E-state index in [-0.39, 0.29) is 35.7 Å². The fourth-order valence-electron chi connectivity index (χ4n) is 3.12. The van der Waals surface area contributed by atoms with Gasteiger partial charge in [0.25, 0.3) is 0 Å². The number of carbonyl (C=O) groups excluding carboxylic acids is 1. The van der Waals surface area contributed by atoms with Crippen LogP contribution in [0.1, 0.15) is 23.6 Å². The van der Waals surface area contributed by atoms with Crippen molar-refractivity contribution in [1.29, 1.82) is 0 Å². The van der Waals surface area contributed by atoms with Crippen molar-refractivity contribution in [2.45, 2.75) is 26.9 Å². The maximum Gasteiger partial charge on any atom is 0.239 e. The second-order valence-corrected chi connectivity index (χ2v) is 7.07. The van der Waals surface area contributed by atoms with Crippen LogP contribution in [0, 0.1) is 12.7 Å². The van der Waals surface area contributed by atoms with Gasteiger partial charge in [-0.3, -0.25) is 4.79 Å². The van der Waals surface area contributed by atoms with Crippen LogP contribution in [0.15, 0.2) is 47.5 Å².